The molecule has 1 atom stereocenters. The summed E-state index contributed by atoms with van der Waals surface area (Å²) < 4.78 is 5.27. The fourth-order valence-corrected chi connectivity index (χ4v) is 1.79. The fraction of sp³-hybridized carbons (Fsp3) is 0.833. The number of carbonyl (C=O) groups is 2. The molecule has 0 spiro atoms. The highest BCUT2D eigenvalue weighted by Gasteiger charge is 2.34. The fourth-order valence-electron chi connectivity index (χ4n) is 1.79. The van der Waals surface area contributed by atoms with E-state index in [1.165, 1.54) is 0 Å². The lowest BCUT2D eigenvalue weighted by atomic mass is 9.98. The Morgan fingerprint density at radius 1 is 1.41 bits per heavy atom. The summed E-state index contributed by atoms with van der Waals surface area (Å²) >= 11 is 0. The van der Waals surface area contributed by atoms with Gasteiger partial charge in [-0.1, -0.05) is 0 Å². The summed E-state index contributed by atoms with van der Waals surface area (Å²) in [7, 11) is 0. The minimum Gasteiger partial charge on any atom is -0.481 e. The lowest BCUT2D eigenvalue weighted by molar-refractivity contribution is -0.137. The zero-order chi connectivity index (χ0) is 13.1. The topological polar surface area (TPSA) is 66.8 Å². The van der Waals surface area contributed by atoms with Crippen molar-refractivity contribution in [1.29, 1.82) is 0 Å². The van der Waals surface area contributed by atoms with Gasteiger partial charge in [0.15, 0.2) is 0 Å². The largest absolute Gasteiger partial charge is 0.481 e. The van der Waals surface area contributed by atoms with E-state index in [1.807, 2.05) is 20.8 Å². The lowest BCUT2D eigenvalue weighted by Crippen LogP contribution is -2.52. The molecule has 1 saturated heterocycles. The van der Waals surface area contributed by atoms with Crippen LogP contribution >= 0.6 is 0 Å². The molecule has 1 rings (SSSR count). The van der Waals surface area contributed by atoms with E-state index in [-0.39, 0.29) is 18.6 Å². The Bertz CT molecular complexity index is 295. The highest BCUT2D eigenvalue weighted by Crippen LogP contribution is 2.24. The van der Waals surface area contributed by atoms with Crippen LogP contribution in [0.2, 0.25) is 0 Å². The molecule has 1 aliphatic heterocycles. The van der Waals surface area contributed by atoms with Crippen LogP contribution in [0, 0.1) is 0 Å². The molecule has 0 aliphatic carbocycles. The van der Waals surface area contributed by atoms with Crippen molar-refractivity contribution in [2.45, 2.75) is 58.1 Å². The summed E-state index contributed by atoms with van der Waals surface area (Å²) in [5.41, 5.74) is -0.474. The number of carboxylic acid groups (broad SMARTS) is 1. The molecule has 0 aromatic heterocycles. The van der Waals surface area contributed by atoms with Crippen LogP contribution in [0.25, 0.3) is 0 Å². The Morgan fingerprint density at radius 2 is 2.06 bits per heavy atom. The van der Waals surface area contributed by atoms with Gasteiger partial charge in [0.1, 0.15) is 5.60 Å². The molecule has 0 bridgehead atoms. The summed E-state index contributed by atoms with van der Waals surface area (Å²) in [6, 6.07) is 0.157. The van der Waals surface area contributed by atoms with Crippen molar-refractivity contribution in [3.8, 4) is 0 Å². The molecule has 0 radical (unpaired) electrons. The van der Waals surface area contributed by atoms with Gasteiger partial charge in [-0.3, -0.25) is 4.79 Å². The summed E-state index contributed by atoms with van der Waals surface area (Å²) in [6.45, 7) is 6.23. The Labute approximate surface area is 102 Å². The molecule has 0 aromatic rings. The normalized spacial score (nSPS) is 19.7. The van der Waals surface area contributed by atoms with E-state index in [2.05, 4.69) is 0 Å². The minimum absolute atomic E-state index is 0.157. The van der Waals surface area contributed by atoms with E-state index < -0.39 is 11.6 Å². The summed E-state index contributed by atoms with van der Waals surface area (Å²) in [5.74, 6) is -0.784. The molecule has 1 heterocycles. The van der Waals surface area contributed by atoms with Crippen LogP contribution in [0.3, 0.4) is 0 Å². The van der Waals surface area contributed by atoms with Crippen LogP contribution in [0.5, 0.6) is 0 Å². The summed E-state index contributed by atoms with van der Waals surface area (Å²) in [6.07, 6.45) is 2.17. The first-order valence-corrected chi connectivity index (χ1v) is 6.01. The van der Waals surface area contributed by atoms with Crippen molar-refractivity contribution >= 4 is 12.1 Å². The van der Waals surface area contributed by atoms with Gasteiger partial charge in [-0.2, -0.15) is 0 Å². The Morgan fingerprint density at radius 3 is 2.47 bits per heavy atom. The molecular formula is C12H21NO4. The van der Waals surface area contributed by atoms with E-state index in [9.17, 15) is 9.59 Å². The number of rotatable bonds is 4. The number of hydrogen-bond acceptors (Lipinski definition) is 3. The molecule has 98 valence electrons. The number of carboxylic acids is 1. The average Bonchev–Trinajstić information content (AvgIpc) is 2.06. The van der Waals surface area contributed by atoms with Crippen LogP contribution < -0.4 is 0 Å². The quantitative estimate of drug-likeness (QED) is 0.822. The van der Waals surface area contributed by atoms with Gasteiger partial charge in [-0.25, -0.2) is 4.79 Å². The van der Waals surface area contributed by atoms with Crippen molar-refractivity contribution in [1.82, 2.24) is 4.90 Å². The van der Waals surface area contributed by atoms with Crippen LogP contribution in [0.15, 0.2) is 0 Å². The zero-order valence-electron chi connectivity index (χ0n) is 10.7. The standard InChI is InChI=1S/C12H21NO4/c1-12(2,3)17-11(16)13-8-7-9(13)5-4-6-10(14)15/h9H,4-8H2,1-3H3,(H,14,15). The average molecular weight is 243 g/mol. The molecule has 1 aliphatic rings. The van der Waals surface area contributed by atoms with Crippen molar-refractivity contribution in [3.63, 3.8) is 0 Å². The molecule has 5 nitrogen and oxygen atoms in total. The third-order valence-corrected chi connectivity index (χ3v) is 2.70. The first-order chi connectivity index (χ1) is 7.79. The zero-order valence-corrected chi connectivity index (χ0v) is 10.7. The predicted molar refractivity (Wildman–Crippen MR) is 62.8 cm³/mol. The van der Waals surface area contributed by atoms with Crippen LogP contribution in [-0.4, -0.2) is 40.3 Å². The number of hydrogen-bond donors (Lipinski definition) is 1. The summed E-state index contributed by atoms with van der Waals surface area (Å²) in [5, 5.41) is 8.54. The molecule has 1 unspecified atom stereocenters. The third-order valence-electron chi connectivity index (χ3n) is 2.70. The second-order valence-corrected chi connectivity index (χ2v) is 5.40. The van der Waals surface area contributed by atoms with Crippen LogP contribution in [-0.2, 0) is 9.53 Å². The predicted octanol–water partition coefficient (Wildman–Crippen LogP) is 2.25. The monoisotopic (exact) mass is 243 g/mol. The maximum atomic E-state index is 11.7. The Hall–Kier alpha value is -1.26. The van der Waals surface area contributed by atoms with Crippen LogP contribution in [0.1, 0.15) is 46.5 Å². The maximum absolute atomic E-state index is 11.7. The van der Waals surface area contributed by atoms with E-state index >= 15 is 0 Å². The summed E-state index contributed by atoms with van der Waals surface area (Å²) in [4.78, 5) is 23.8. The van der Waals surface area contributed by atoms with Gasteiger partial charge in [-0.15, -0.1) is 0 Å². The minimum atomic E-state index is -0.784. The van der Waals surface area contributed by atoms with Gasteiger partial charge < -0.3 is 14.7 Å². The van der Waals surface area contributed by atoms with Gasteiger partial charge in [0.2, 0.25) is 0 Å². The Kier molecular flexibility index (Phi) is 4.37. The number of nitrogens with zero attached hydrogens (tertiary/aromatic N) is 1. The first kappa shape index (κ1) is 13.8. The van der Waals surface area contributed by atoms with E-state index in [1.54, 1.807) is 4.90 Å². The van der Waals surface area contributed by atoms with Gasteiger partial charge in [-0.05, 0) is 40.0 Å². The van der Waals surface area contributed by atoms with E-state index in [0.717, 1.165) is 12.8 Å². The number of aliphatic carboxylic acids is 1. The highest BCUT2D eigenvalue weighted by atomic mass is 16.6. The smallest absolute Gasteiger partial charge is 0.410 e. The molecule has 0 saturated carbocycles. The number of carbonyl (C=O) groups excluding carboxylic acids is 1. The molecule has 1 fully saturated rings. The van der Waals surface area contributed by atoms with E-state index in [4.69, 9.17) is 9.84 Å². The molecule has 17 heavy (non-hydrogen) atoms. The van der Waals surface area contributed by atoms with Gasteiger partial charge >= 0.3 is 12.1 Å². The van der Waals surface area contributed by atoms with Crippen molar-refractivity contribution in [3.05, 3.63) is 0 Å². The molecule has 0 aromatic carbocycles. The second-order valence-electron chi connectivity index (χ2n) is 5.40. The van der Waals surface area contributed by atoms with Crippen LogP contribution in [0.4, 0.5) is 4.79 Å². The maximum Gasteiger partial charge on any atom is 0.410 e. The van der Waals surface area contributed by atoms with Gasteiger partial charge in [0.05, 0.1) is 0 Å². The number of ether oxygens (including phenoxy) is 1. The lowest BCUT2D eigenvalue weighted by Gasteiger charge is -2.41. The molecule has 1 N–H and O–H groups in total. The second kappa shape index (κ2) is 5.38. The molecule has 1 amide bonds. The number of amides is 1. The third kappa shape index (κ3) is 4.63. The highest BCUT2D eigenvalue weighted by molar-refractivity contribution is 5.69. The Balaban J connectivity index is 2.30. The molecule has 5 heteroatoms. The van der Waals surface area contributed by atoms with E-state index in [0.29, 0.717) is 13.0 Å². The first-order valence-electron chi connectivity index (χ1n) is 6.01. The van der Waals surface area contributed by atoms with Crippen molar-refractivity contribution in [2.75, 3.05) is 6.54 Å². The van der Waals surface area contributed by atoms with Crippen molar-refractivity contribution in [2.24, 2.45) is 0 Å². The SMILES string of the molecule is CC(C)(C)OC(=O)N1CCC1CCCC(=O)O. The molecular weight excluding hydrogens is 222 g/mol. The number of likely N-dealkylation sites (tertiary alicyclic amines) is 1. The van der Waals surface area contributed by atoms with Gasteiger partial charge in [0.25, 0.3) is 0 Å². The van der Waals surface area contributed by atoms with Crippen molar-refractivity contribution < 1.29 is 19.4 Å². The van der Waals surface area contributed by atoms with Gasteiger partial charge in [0, 0.05) is 19.0 Å².